The first kappa shape index (κ1) is 57.5. The van der Waals surface area contributed by atoms with Crippen molar-refractivity contribution >= 4 is 136 Å². The van der Waals surface area contributed by atoms with Gasteiger partial charge in [0, 0.05) is 44.5 Å². The summed E-state index contributed by atoms with van der Waals surface area (Å²) in [6.07, 6.45) is -0.432. The molecule has 8 aromatic carbocycles. The van der Waals surface area contributed by atoms with Crippen molar-refractivity contribution in [2.24, 2.45) is 30.7 Å². The smallest absolute Gasteiger partial charge is 0.338 e. The van der Waals surface area contributed by atoms with Gasteiger partial charge in [0.25, 0.3) is 10.1 Å². The van der Waals surface area contributed by atoms with E-state index in [1.807, 2.05) is 20.8 Å². The molecule has 8 N–H and O–H groups in total. The van der Waals surface area contributed by atoms with Crippen LogP contribution in [0.5, 0.6) is 5.75 Å². The number of aromatic carboxylic acids is 1. The Labute approximate surface area is 471 Å². The van der Waals surface area contributed by atoms with Gasteiger partial charge in [-0.1, -0.05) is 16.1 Å². The number of phenolic OH excluding ortho intramolecular Hbond substituents is 1. The fourth-order valence-corrected chi connectivity index (χ4v) is 9.93. The lowest BCUT2D eigenvalue weighted by Crippen LogP contribution is -2.13. The van der Waals surface area contributed by atoms with Crippen molar-refractivity contribution in [3.63, 3.8) is 0 Å². The number of carbonyl (C=O) groups is 3. The number of aromatic hydroxyl groups is 1. The van der Waals surface area contributed by atoms with Crippen LogP contribution in [0.4, 0.5) is 51.2 Å². The molecule has 1 aromatic heterocycles. The number of carboxylic acids is 2. The van der Waals surface area contributed by atoms with Gasteiger partial charge in [-0.25, -0.2) is 15.3 Å². The first-order chi connectivity index (χ1) is 39.3. The van der Waals surface area contributed by atoms with Crippen LogP contribution >= 0.6 is 24.1 Å². The number of aliphatic carboxylic acids is 1. The Bertz CT molecular complexity index is 4240. The van der Waals surface area contributed by atoms with Gasteiger partial charge in [-0.3, -0.25) is 14.1 Å². The van der Waals surface area contributed by atoms with Gasteiger partial charge < -0.3 is 26.0 Å². The predicted octanol–water partition coefficient (Wildman–Crippen LogP) is 14.3. The fraction of sp³-hybridized carbons (Fsp3) is 0.113. The number of phenols is 1. The molecule has 0 saturated heterocycles. The molecule has 1 amide bonds. The third-order valence-electron chi connectivity index (χ3n) is 12.4. The molecule has 0 saturated carbocycles. The topological polar surface area (TPSA) is 373 Å². The lowest BCUT2D eigenvalue weighted by molar-refractivity contribution is -0.432. The summed E-state index contributed by atoms with van der Waals surface area (Å²) in [5.41, 5.74) is 7.04. The SMILES string of the molecule is Cc1cc(N=Nc2cc(C)c(N=Nc3c(SOOO)cc4cc(Nc5ccc(NC(=O)CCC(=O)O)cc5)ccc4c3O)cc2C)c(C)cc1N=Nc1ccc(-n2nc3ccc4c(SOOO)cc(S(=O)(=O)O)cc4c3n2)c(C(=O)O)c1. The summed E-state index contributed by atoms with van der Waals surface area (Å²) in [4.78, 5) is 36.4. The van der Waals surface area contributed by atoms with Gasteiger partial charge in [-0.05, 0) is 165 Å². The molecule has 29 heteroatoms. The predicted molar refractivity (Wildman–Crippen MR) is 300 cm³/mol. The minimum Gasteiger partial charge on any atom is -0.505 e. The van der Waals surface area contributed by atoms with Crippen LogP contribution < -0.4 is 10.6 Å². The molecule has 0 aliphatic carbocycles. The quantitative estimate of drug-likeness (QED) is 0.0109. The zero-order chi connectivity index (χ0) is 58.4. The van der Waals surface area contributed by atoms with Crippen molar-refractivity contribution in [1.29, 1.82) is 0 Å². The molecule has 418 valence electrons. The molecule has 0 unspecified atom stereocenters. The monoisotopic (exact) mass is 1170 g/mol. The van der Waals surface area contributed by atoms with E-state index in [1.165, 1.54) is 24.3 Å². The van der Waals surface area contributed by atoms with Crippen molar-refractivity contribution in [2.75, 3.05) is 10.6 Å². The van der Waals surface area contributed by atoms with E-state index in [4.69, 9.17) is 20.0 Å². The summed E-state index contributed by atoms with van der Waals surface area (Å²) < 4.78 is 43.4. The normalized spacial score (nSPS) is 12.0. The summed E-state index contributed by atoms with van der Waals surface area (Å²) >= 11 is 1.07. The number of aromatic nitrogens is 3. The van der Waals surface area contributed by atoms with Gasteiger partial charge in [0.2, 0.25) is 5.91 Å². The molecule has 82 heavy (non-hydrogen) atoms. The Morgan fingerprint density at radius 2 is 1.18 bits per heavy atom. The first-order valence-electron chi connectivity index (χ1n) is 23.9. The number of fused-ring (bicyclic) bond motifs is 4. The molecule has 0 spiro atoms. The second kappa shape index (κ2) is 24.7. The van der Waals surface area contributed by atoms with Gasteiger partial charge in [0.05, 0.1) is 74.3 Å². The van der Waals surface area contributed by atoms with E-state index in [-0.39, 0.29) is 67.4 Å². The summed E-state index contributed by atoms with van der Waals surface area (Å²) in [7, 11) is -4.72. The third-order valence-corrected chi connectivity index (χ3v) is 14.4. The van der Waals surface area contributed by atoms with E-state index in [9.17, 15) is 37.6 Å². The van der Waals surface area contributed by atoms with Crippen molar-refractivity contribution in [2.45, 2.75) is 55.2 Å². The minimum atomic E-state index is -4.72. The number of rotatable bonds is 21. The highest BCUT2D eigenvalue weighted by Crippen LogP contribution is 2.45. The minimum absolute atomic E-state index is 0.0312. The number of hydrogen-bond donors (Lipinski definition) is 8. The Morgan fingerprint density at radius 3 is 1.78 bits per heavy atom. The van der Waals surface area contributed by atoms with E-state index < -0.39 is 32.9 Å². The average Bonchev–Trinajstić information content (AvgIpc) is 2.89. The maximum Gasteiger partial charge on any atom is 0.338 e. The van der Waals surface area contributed by atoms with Crippen molar-refractivity contribution < 1.29 is 71.9 Å². The van der Waals surface area contributed by atoms with Crippen LogP contribution in [-0.2, 0) is 38.5 Å². The van der Waals surface area contributed by atoms with Crippen LogP contribution in [0.15, 0.2) is 161 Å². The molecule has 0 radical (unpaired) electrons. The highest BCUT2D eigenvalue weighted by Gasteiger charge is 2.22. The van der Waals surface area contributed by atoms with Gasteiger partial charge in [-0.2, -0.15) is 34.0 Å². The first-order valence-corrected chi connectivity index (χ1v) is 26.8. The zero-order valence-corrected chi connectivity index (χ0v) is 45.4. The molecule has 0 bridgehead atoms. The van der Waals surface area contributed by atoms with E-state index >= 15 is 0 Å². The third kappa shape index (κ3) is 13.2. The molecule has 0 aliphatic heterocycles. The summed E-state index contributed by atoms with van der Waals surface area (Å²) in [6.45, 7) is 7.25. The number of benzene rings is 8. The van der Waals surface area contributed by atoms with Crippen LogP contribution in [0.1, 0.15) is 45.5 Å². The molecule has 0 fully saturated rings. The maximum atomic E-state index is 12.6. The van der Waals surface area contributed by atoms with Gasteiger partial charge in [0.1, 0.15) is 22.4 Å². The number of carbonyl (C=O) groups excluding carboxylic acids is 1. The number of anilines is 3. The fourth-order valence-electron chi connectivity index (χ4n) is 8.28. The van der Waals surface area contributed by atoms with Crippen molar-refractivity contribution in [3.8, 4) is 11.4 Å². The number of nitrogens with zero attached hydrogens (tertiary/aromatic N) is 9. The molecule has 0 aliphatic rings. The second-order valence-corrected chi connectivity index (χ2v) is 20.9. The van der Waals surface area contributed by atoms with Crippen molar-refractivity contribution in [1.82, 2.24) is 15.0 Å². The molecule has 9 rings (SSSR count). The molecular weight excluding hydrogens is 1130 g/mol. The zero-order valence-electron chi connectivity index (χ0n) is 43.0. The Kier molecular flexibility index (Phi) is 17.3. The number of carboxylic acid groups (broad SMARTS) is 2. The van der Waals surface area contributed by atoms with Crippen LogP contribution in [-0.4, -0.2) is 71.6 Å². The molecule has 1 heterocycles. The highest BCUT2D eigenvalue weighted by molar-refractivity contribution is 7.95. The number of amides is 1. The van der Waals surface area contributed by atoms with Gasteiger partial charge >= 0.3 is 11.9 Å². The Balaban J connectivity index is 0.898. The number of aryl methyl sites for hydroxylation is 4. The van der Waals surface area contributed by atoms with E-state index in [1.54, 1.807) is 91.9 Å². The van der Waals surface area contributed by atoms with E-state index in [2.05, 4.69) is 65.9 Å². The van der Waals surface area contributed by atoms with Gasteiger partial charge in [-0.15, -0.1) is 28.8 Å². The largest absolute Gasteiger partial charge is 0.505 e. The van der Waals surface area contributed by atoms with Crippen LogP contribution in [0.2, 0.25) is 0 Å². The number of hydrogen-bond acceptors (Lipinski definition) is 23. The van der Waals surface area contributed by atoms with Crippen LogP contribution in [0.3, 0.4) is 0 Å². The standard InChI is InChI=1S/C53H43N11O15S3/c1-26-18-42(27(2)17-41(26)57-56-34-10-14-45(39(23-34)53(69)70)64-62-40-13-12-37-38(50(40)63-64)24-35(82(73,74)75)25-46(37)80-78-76-71)58-59-43-19-29(4)44(20-28(43)3)60-61-51-47(81-79-77-72)22-30-21-33(9-11-36(30)52(51)68)54-31-5-7-32(8-6-31)55-48(65)15-16-49(66)67/h5-14,17-25,54,68,71-72H,15-16H2,1-4H3,(H,55,65)(H,66,67)(H,69,70)(H,73,74,75). The summed E-state index contributed by atoms with van der Waals surface area (Å²) in [5, 5.41) is 98.9. The number of nitrogens with one attached hydrogen (secondary N) is 2. The lowest BCUT2D eigenvalue weighted by Gasteiger charge is -2.12. The summed E-state index contributed by atoms with van der Waals surface area (Å²) in [5.74, 6) is -3.04. The summed E-state index contributed by atoms with van der Waals surface area (Å²) in [6, 6.07) is 30.4. The Morgan fingerprint density at radius 1 is 0.610 bits per heavy atom. The van der Waals surface area contributed by atoms with Crippen LogP contribution in [0, 0.1) is 27.7 Å². The van der Waals surface area contributed by atoms with E-state index in [0.29, 0.717) is 102 Å². The molecule has 0 atom stereocenters. The van der Waals surface area contributed by atoms with E-state index in [0.717, 1.165) is 10.9 Å². The lowest BCUT2D eigenvalue weighted by atomic mass is 10.1. The van der Waals surface area contributed by atoms with Crippen molar-refractivity contribution in [3.05, 3.63) is 143 Å². The Hall–Kier alpha value is -9.14. The highest BCUT2D eigenvalue weighted by atomic mass is 32.2. The maximum absolute atomic E-state index is 12.6. The molecule has 9 aromatic rings. The number of azo groups is 3. The van der Waals surface area contributed by atoms with Crippen LogP contribution in [0.25, 0.3) is 38.3 Å². The molecule has 26 nitrogen and oxygen atoms in total. The van der Waals surface area contributed by atoms with Gasteiger partial charge in [0.15, 0.2) is 5.75 Å². The second-order valence-electron chi connectivity index (χ2n) is 18.0. The average molecular weight is 1170 g/mol. The molecular formula is C53H43N11O15S3.